The summed E-state index contributed by atoms with van der Waals surface area (Å²) in [5.41, 5.74) is 3.03. The largest absolute Gasteiger partial charge is 1.00 e. The Morgan fingerprint density at radius 3 is 2.14 bits per heavy atom. The van der Waals surface area contributed by atoms with Crippen LogP contribution in [0.5, 0.6) is 0 Å². The van der Waals surface area contributed by atoms with E-state index in [4.69, 9.17) is 42.0 Å². The first-order valence-corrected chi connectivity index (χ1v) is 23.7. The van der Waals surface area contributed by atoms with Gasteiger partial charge in [0.05, 0.1) is 51.1 Å². The number of furan rings is 2. The van der Waals surface area contributed by atoms with Crippen molar-refractivity contribution in [1.82, 2.24) is 15.0 Å². The molecule has 66 heavy (non-hydrogen) atoms. The molecule has 336 valence electrons. The number of aryl methyl sites for hydroxylation is 1. The zero-order chi connectivity index (χ0) is 46.5. The molecule has 7 heterocycles. The molecule has 1 N–H and O–H groups in total. The van der Waals surface area contributed by atoms with Crippen LogP contribution >= 0.6 is 23.2 Å². The van der Waals surface area contributed by atoms with Crippen molar-refractivity contribution in [3.8, 4) is 11.3 Å². The minimum Gasteiger partial charge on any atom is -0.744 e. The second-order valence-electron chi connectivity index (χ2n) is 16.3. The smallest absolute Gasteiger partial charge is 0.744 e. The minimum atomic E-state index is -5.18. The van der Waals surface area contributed by atoms with E-state index in [0.29, 0.717) is 53.2 Å². The van der Waals surface area contributed by atoms with Crippen molar-refractivity contribution >= 4 is 83.9 Å². The second kappa shape index (κ2) is 18.9. The maximum Gasteiger partial charge on any atom is 1.00 e. The van der Waals surface area contributed by atoms with E-state index in [-0.39, 0.29) is 64.1 Å². The number of aliphatic imine (C=N–C) groups is 2. The van der Waals surface area contributed by atoms with Crippen molar-refractivity contribution in [3.05, 3.63) is 131 Å². The molecular formula is C44H39Cl2N8NaO9S2. The molecule has 0 spiro atoms. The number of rotatable bonds is 14. The summed E-state index contributed by atoms with van der Waals surface area (Å²) in [6.07, 6.45) is 16.5. The normalized spacial score (nSPS) is 16.9. The molecule has 3 aliphatic heterocycles. The molecule has 0 saturated carbocycles. The Kier molecular flexibility index (Phi) is 14.0. The van der Waals surface area contributed by atoms with E-state index in [1.54, 1.807) is 24.6 Å². The van der Waals surface area contributed by atoms with Gasteiger partial charge >= 0.3 is 35.4 Å². The van der Waals surface area contributed by atoms with Gasteiger partial charge in [-0.25, -0.2) is 26.4 Å². The van der Waals surface area contributed by atoms with Crippen LogP contribution < -0.4 is 44.3 Å². The average molecular weight is 982 g/mol. The van der Waals surface area contributed by atoms with E-state index in [1.165, 1.54) is 11.2 Å². The van der Waals surface area contributed by atoms with Crippen LogP contribution in [0.15, 0.2) is 138 Å². The molecule has 22 heteroatoms. The first-order valence-electron chi connectivity index (χ1n) is 20.1. The van der Waals surface area contributed by atoms with E-state index in [2.05, 4.69) is 44.7 Å². The Morgan fingerprint density at radius 2 is 1.52 bits per heavy atom. The predicted octanol–water partition coefficient (Wildman–Crippen LogP) is 5.06. The Bertz CT molecular complexity index is 3090. The first kappa shape index (κ1) is 48.8. The molecule has 0 atom stereocenters. The van der Waals surface area contributed by atoms with E-state index in [9.17, 15) is 30.7 Å². The van der Waals surface area contributed by atoms with Gasteiger partial charge in [0.2, 0.25) is 22.4 Å². The van der Waals surface area contributed by atoms with Crippen molar-refractivity contribution in [3.63, 3.8) is 0 Å². The third-order valence-electron chi connectivity index (χ3n) is 11.2. The number of aromatic nitrogens is 4. The fourth-order valence-electron chi connectivity index (χ4n) is 7.71. The van der Waals surface area contributed by atoms with E-state index >= 15 is 0 Å². The molecule has 0 radical (unpaired) electrons. The summed E-state index contributed by atoms with van der Waals surface area (Å²) in [4.78, 5) is 33.8. The summed E-state index contributed by atoms with van der Waals surface area (Å²) in [5.74, 6) is 1.95. The number of allylic oxidation sites excluding steroid dienone is 6. The monoisotopic (exact) mass is 980 g/mol. The fourth-order valence-corrected chi connectivity index (χ4v) is 9.22. The van der Waals surface area contributed by atoms with Gasteiger partial charge in [-0.05, 0) is 128 Å². The summed E-state index contributed by atoms with van der Waals surface area (Å²) in [7, 11) is -10.4. The van der Waals surface area contributed by atoms with E-state index in [1.807, 2.05) is 56.5 Å². The number of nitrogens with one attached hydrogen (secondary N) is 1. The molecular weight excluding hydrogens is 943 g/mol. The first-order chi connectivity index (χ1) is 30.7. The summed E-state index contributed by atoms with van der Waals surface area (Å²) < 4.78 is 86.6. The van der Waals surface area contributed by atoms with Crippen molar-refractivity contribution in [1.29, 1.82) is 0 Å². The van der Waals surface area contributed by atoms with Crippen LogP contribution in [-0.4, -0.2) is 58.3 Å². The van der Waals surface area contributed by atoms with Gasteiger partial charge < -0.3 is 22.8 Å². The van der Waals surface area contributed by atoms with Crippen LogP contribution in [0.25, 0.3) is 16.9 Å². The van der Waals surface area contributed by atoms with Gasteiger partial charge in [0.15, 0.2) is 5.71 Å². The van der Waals surface area contributed by atoms with Gasteiger partial charge in [-0.3, -0.25) is 10.1 Å². The van der Waals surface area contributed by atoms with Gasteiger partial charge in [0.25, 0.3) is 0 Å². The van der Waals surface area contributed by atoms with Gasteiger partial charge in [0.1, 0.15) is 43.8 Å². The number of benzene rings is 1. The third-order valence-corrected chi connectivity index (χ3v) is 13.2. The second-order valence-corrected chi connectivity index (χ2v) is 19.8. The number of nitrogens with zero attached hydrogens (tertiary/aromatic N) is 7. The van der Waals surface area contributed by atoms with Crippen molar-refractivity contribution in [2.75, 3.05) is 10.2 Å². The summed E-state index contributed by atoms with van der Waals surface area (Å²) >= 11 is 11.6. The number of pyridine rings is 1. The van der Waals surface area contributed by atoms with Crippen LogP contribution in [0.2, 0.25) is 10.6 Å². The molecule has 0 saturated heterocycles. The van der Waals surface area contributed by atoms with Gasteiger partial charge in [-0.2, -0.15) is 15.0 Å². The van der Waals surface area contributed by atoms with E-state index < -0.39 is 40.9 Å². The number of hydrogen-bond donors (Lipinski definition) is 1. The SMILES string of the molecule is CC1(C)C2=CC(c3ccco3)=CN(c3cc(S(=O)(=O)[O-])cc(S(=O)(=O)[O-])c3)C2=N/C1=C\C=C\C1=Nc2c(cc(-c3ccco3)c[n+]2CCCCCC(=O)Nc2nc(Cl)nc(Cl)n2)C1(C)C.[Na+]. The van der Waals surface area contributed by atoms with E-state index in [0.717, 1.165) is 47.6 Å². The van der Waals surface area contributed by atoms with Crippen LogP contribution in [0, 0.1) is 5.41 Å². The quantitative estimate of drug-likeness (QED) is 0.0663. The Labute approximate surface area is 412 Å². The molecule has 0 bridgehead atoms. The molecule has 4 aromatic heterocycles. The number of hydrogen-bond acceptors (Lipinski definition) is 15. The summed E-state index contributed by atoms with van der Waals surface area (Å²) in [6, 6.07) is 11.8. The van der Waals surface area contributed by atoms with Crippen molar-refractivity contribution < 1.29 is 73.7 Å². The van der Waals surface area contributed by atoms with Gasteiger partial charge in [0, 0.05) is 34.9 Å². The van der Waals surface area contributed by atoms with Crippen molar-refractivity contribution in [2.24, 2.45) is 15.4 Å². The molecule has 0 unspecified atom stereocenters. The van der Waals surface area contributed by atoms with Crippen LogP contribution in [-0.2, 0) is 37.0 Å². The number of halogens is 2. The molecule has 17 nitrogen and oxygen atoms in total. The number of unbranched alkanes of at least 4 members (excludes halogenated alkanes) is 2. The van der Waals surface area contributed by atoms with Crippen LogP contribution in [0.4, 0.5) is 17.5 Å². The Morgan fingerprint density at radius 1 is 0.864 bits per heavy atom. The van der Waals surface area contributed by atoms with Crippen molar-refractivity contribution in [2.45, 2.75) is 75.1 Å². The Balaban J connectivity index is 0.00000648. The maximum absolute atomic E-state index is 12.6. The number of fused-ring (bicyclic) bond motifs is 2. The molecule has 1 aromatic carbocycles. The standard InChI is InChI=1S/C44H40Cl2N8O9S2.Na/c1-43(2)31-19-26(33-11-9-17-62-33)24-53(16-7-5-6-15-37(55)49-42-51-40(45)50-41(46)52-42)38(31)47-35(43)13-8-14-36-44(3,4)32-20-27(34-12-10-18-63-34)25-54(39(32)48-36)28-21-29(64(56,57)58)23-30(22-28)65(59,60)61;/h8-14,17-25H,5-7,15-16H2,1-4H3,(H2-,49,50,51,52,55,56,57,58,59,60,61);/q;+1/p-1. The number of amidine groups is 1. The third kappa shape index (κ3) is 10.2. The molecule has 8 rings (SSSR count). The number of amides is 1. The number of anilines is 2. The molecule has 5 aromatic rings. The Hall–Kier alpha value is -5.09. The van der Waals surface area contributed by atoms with Gasteiger partial charge in [-0.1, -0.05) is 19.9 Å². The van der Waals surface area contributed by atoms with Crippen LogP contribution in [0.1, 0.15) is 64.7 Å². The topological polar surface area (TPSA) is 240 Å². The molecule has 0 aliphatic carbocycles. The average Bonchev–Trinajstić information content (AvgIpc) is 4.05. The summed E-state index contributed by atoms with van der Waals surface area (Å²) in [5, 5.41) is 2.35. The zero-order valence-corrected chi connectivity index (χ0v) is 41.3. The fraction of sp³-hybridized carbons (Fsp3) is 0.250. The number of carbonyl (C=O) groups is 1. The predicted molar refractivity (Wildman–Crippen MR) is 239 cm³/mol. The number of carbonyl (C=O) groups excluding carboxylic acids is 1. The maximum atomic E-state index is 12.6. The summed E-state index contributed by atoms with van der Waals surface area (Å²) in [6.45, 7) is 8.67. The van der Waals surface area contributed by atoms with Crippen LogP contribution in [0.3, 0.4) is 0 Å². The zero-order valence-electron chi connectivity index (χ0n) is 36.2. The molecule has 0 fully saturated rings. The van der Waals surface area contributed by atoms with Gasteiger partial charge in [-0.15, -0.1) is 0 Å². The molecule has 3 aliphatic rings. The molecule has 1 amide bonds. The minimum absolute atomic E-state index is 0.